The zero-order valence-corrected chi connectivity index (χ0v) is 12.4. The molecule has 1 aromatic carbocycles. The summed E-state index contributed by atoms with van der Waals surface area (Å²) in [6.07, 6.45) is 3.90. The summed E-state index contributed by atoms with van der Waals surface area (Å²) < 4.78 is 0. The molecular weight excluding hydrogens is 266 g/mol. The van der Waals surface area contributed by atoms with Crippen LogP contribution < -0.4 is 11.5 Å². The first-order valence-electron chi connectivity index (χ1n) is 7.59. The minimum Gasteiger partial charge on any atom is -0.387 e. The van der Waals surface area contributed by atoms with Crippen molar-refractivity contribution in [1.29, 1.82) is 0 Å². The van der Waals surface area contributed by atoms with Crippen molar-refractivity contribution in [1.82, 2.24) is 4.90 Å². The van der Waals surface area contributed by atoms with Crippen molar-refractivity contribution in [3.63, 3.8) is 0 Å². The van der Waals surface area contributed by atoms with Gasteiger partial charge in [0, 0.05) is 19.1 Å². The van der Waals surface area contributed by atoms with E-state index in [1.165, 1.54) is 12.8 Å². The number of nitrogens with zero attached hydrogens (tertiary/aromatic N) is 1. The minimum absolute atomic E-state index is 0.211. The van der Waals surface area contributed by atoms with Crippen LogP contribution in [-0.4, -0.2) is 35.0 Å². The smallest absolute Gasteiger partial charge is 0.231 e. The van der Waals surface area contributed by atoms with E-state index in [0.717, 1.165) is 24.0 Å². The molecule has 0 aliphatic heterocycles. The van der Waals surface area contributed by atoms with E-state index >= 15 is 0 Å². The molecule has 1 amide bonds. The third-order valence-corrected chi connectivity index (χ3v) is 4.21. The summed E-state index contributed by atoms with van der Waals surface area (Å²) in [4.78, 5) is 13.3. The molecule has 21 heavy (non-hydrogen) atoms. The molecule has 0 heterocycles. The van der Waals surface area contributed by atoms with Crippen molar-refractivity contribution >= 4 is 5.91 Å². The van der Waals surface area contributed by atoms with Crippen LogP contribution >= 0.6 is 0 Å². The SMILES string of the molecule is NCc1ccc(C(O)CN(CC(N)=O)C2CCCC2)cc1. The van der Waals surface area contributed by atoms with Crippen LogP contribution in [0, 0.1) is 0 Å². The van der Waals surface area contributed by atoms with Gasteiger partial charge in [-0.3, -0.25) is 9.69 Å². The number of amides is 1. The Morgan fingerprint density at radius 1 is 1.29 bits per heavy atom. The number of hydrogen-bond acceptors (Lipinski definition) is 4. The molecule has 0 aromatic heterocycles. The molecule has 0 bridgehead atoms. The molecule has 1 aromatic rings. The van der Waals surface area contributed by atoms with Gasteiger partial charge >= 0.3 is 0 Å². The van der Waals surface area contributed by atoms with Gasteiger partial charge in [0.2, 0.25) is 5.91 Å². The van der Waals surface area contributed by atoms with Crippen LogP contribution in [0.15, 0.2) is 24.3 Å². The second-order valence-corrected chi connectivity index (χ2v) is 5.80. The summed E-state index contributed by atoms with van der Waals surface area (Å²) in [5.74, 6) is -0.340. The Kier molecular flexibility index (Phi) is 5.73. The van der Waals surface area contributed by atoms with Gasteiger partial charge in [-0.2, -0.15) is 0 Å². The summed E-state index contributed by atoms with van der Waals surface area (Å²) in [5, 5.41) is 10.4. The van der Waals surface area contributed by atoms with Crippen molar-refractivity contribution in [2.75, 3.05) is 13.1 Å². The first kappa shape index (κ1) is 15.9. The number of hydrogen-bond donors (Lipinski definition) is 3. The lowest BCUT2D eigenvalue weighted by molar-refractivity contribution is -0.120. The summed E-state index contributed by atoms with van der Waals surface area (Å²) in [5.41, 5.74) is 12.8. The molecule has 0 spiro atoms. The van der Waals surface area contributed by atoms with Crippen LogP contribution in [0.4, 0.5) is 0 Å². The summed E-state index contributed by atoms with van der Waals surface area (Å²) in [6, 6.07) is 7.99. The van der Waals surface area contributed by atoms with Gasteiger partial charge < -0.3 is 16.6 Å². The number of carbonyl (C=O) groups excluding carboxylic acids is 1. The highest BCUT2D eigenvalue weighted by Crippen LogP contribution is 2.25. The van der Waals surface area contributed by atoms with Crippen molar-refractivity contribution in [2.24, 2.45) is 11.5 Å². The summed E-state index contributed by atoms with van der Waals surface area (Å²) in [6.45, 7) is 1.14. The lowest BCUT2D eigenvalue weighted by atomic mass is 10.1. The average molecular weight is 291 g/mol. The Morgan fingerprint density at radius 3 is 2.43 bits per heavy atom. The predicted octanol–water partition coefficient (Wildman–Crippen LogP) is 0.909. The van der Waals surface area contributed by atoms with Gasteiger partial charge in [-0.15, -0.1) is 0 Å². The fraction of sp³-hybridized carbons (Fsp3) is 0.562. The number of aliphatic hydroxyl groups excluding tert-OH is 1. The van der Waals surface area contributed by atoms with Gasteiger partial charge in [0.1, 0.15) is 0 Å². The number of nitrogens with two attached hydrogens (primary N) is 2. The van der Waals surface area contributed by atoms with Crippen LogP contribution in [0.1, 0.15) is 42.9 Å². The topological polar surface area (TPSA) is 92.6 Å². The maximum Gasteiger partial charge on any atom is 0.231 e. The highest BCUT2D eigenvalue weighted by atomic mass is 16.3. The molecule has 0 saturated heterocycles. The Hall–Kier alpha value is -1.43. The second kappa shape index (κ2) is 7.54. The normalized spacial score (nSPS) is 17.3. The summed E-state index contributed by atoms with van der Waals surface area (Å²) in [7, 11) is 0. The number of rotatable bonds is 7. The molecule has 1 aliphatic rings. The van der Waals surface area contributed by atoms with E-state index in [9.17, 15) is 9.90 Å². The quantitative estimate of drug-likeness (QED) is 0.696. The third kappa shape index (κ3) is 4.52. The molecule has 5 heteroatoms. The van der Waals surface area contributed by atoms with Crippen LogP contribution in [0.25, 0.3) is 0 Å². The van der Waals surface area contributed by atoms with E-state index in [0.29, 0.717) is 19.1 Å². The first-order valence-corrected chi connectivity index (χ1v) is 7.59. The molecule has 5 N–H and O–H groups in total. The molecular formula is C16H25N3O2. The highest BCUT2D eigenvalue weighted by molar-refractivity contribution is 5.76. The molecule has 1 atom stereocenters. The van der Waals surface area contributed by atoms with Crippen molar-refractivity contribution in [3.8, 4) is 0 Å². The van der Waals surface area contributed by atoms with Gasteiger partial charge in [0.05, 0.1) is 12.6 Å². The number of carbonyl (C=O) groups is 1. The monoisotopic (exact) mass is 291 g/mol. The predicted molar refractivity (Wildman–Crippen MR) is 82.3 cm³/mol. The zero-order chi connectivity index (χ0) is 15.2. The standard InChI is InChI=1S/C16H25N3O2/c17-9-12-5-7-13(8-6-12)15(20)10-19(11-16(18)21)14-3-1-2-4-14/h5-8,14-15,20H,1-4,9-11,17H2,(H2,18,21). The van der Waals surface area contributed by atoms with Gasteiger partial charge in [-0.25, -0.2) is 0 Å². The van der Waals surface area contributed by atoms with E-state index in [-0.39, 0.29) is 12.5 Å². The van der Waals surface area contributed by atoms with Crippen LogP contribution in [0.5, 0.6) is 0 Å². The van der Waals surface area contributed by atoms with Crippen LogP contribution in [0.2, 0.25) is 0 Å². The molecule has 116 valence electrons. The van der Waals surface area contributed by atoms with Crippen molar-refractivity contribution in [2.45, 2.75) is 44.4 Å². The maximum atomic E-state index is 11.3. The van der Waals surface area contributed by atoms with E-state index in [2.05, 4.69) is 0 Å². The zero-order valence-electron chi connectivity index (χ0n) is 12.4. The second-order valence-electron chi connectivity index (χ2n) is 5.80. The number of aliphatic hydroxyl groups is 1. The fourth-order valence-electron chi connectivity index (χ4n) is 3.02. The molecule has 1 saturated carbocycles. The van der Waals surface area contributed by atoms with Crippen molar-refractivity contribution < 1.29 is 9.90 Å². The molecule has 5 nitrogen and oxygen atoms in total. The van der Waals surface area contributed by atoms with E-state index in [1.807, 2.05) is 29.2 Å². The maximum absolute atomic E-state index is 11.3. The van der Waals surface area contributed by atoms with E-state index in [4.69, 9.17) is 11.5 Å². The summed E-state index contributed by atoms with van der Waals surface area (Å²) >= 11 is 0. The van der Waals surface area contributed by atoms with Gasteiger partial charge in [0.25, 0.3) is 0 Å². The lowest BCUT2D eigenvalue weighted by Gasteiger charge is -2.29. The van der Waals surface area contributed by atoms with Crippen LogP contribution in [-0.2, 0) is 11.3 Å². The van der Waals surface area contributed by atoms with Gasteiger partial charge in [-0.1, -0.05) is 37.1 Å². The molecule has 0 radical (unpaired) electrons. The van der Waals surface area contributed by atoms with Gasteiger partial charge in [-0.05, 0) is 24.0 Å². The highest BCUT2D eigenvalue weighted by Gasteiger charge is 2.25. The van der Waals surface area contributed by atoms with E-state index in [1.54, 1.807) is 0 Å². The van der Waals surface area contributed by atoms with Crippen LogP contribution in [0.3, 0.4) is 0 Å². The Labute approximate surface area is 125 Å². The minimum atomic E-state index is -0.614. The van der Waals surface area contributed by atoms with Crippen molar-refractivity contribution in [3.05, 3.63) is 35.4 Å². The number of benzene rings is 1. The molecule has 1 unspecified atom stereocenters. The Balaban J connectivity index is 2.01. The molecule has 1 aliphatic carbocycles. The fourth-order valence-corrected chi connectivity index (χ4v) is 3.02. The Morgan fingerprint density at radius 2 is 1.90 bits per heavy atom. The molecule has 2 rings (SSSR count). The molecule has 1 fully saturated rings. The number of primary amides is 1. The van der Waals surface area contributed by atoms with E-state index < -0.39 is 6.10 Å². The first-order chi connectivity index (χ1) is 10.1. The van der Waals surface area contributed by atoms with Gasteiger partial charge in [0.15, 0.2) is 0 Å². The Bertz CT molecular complexity index is 455. The lowest BCUT2D eigenvalue weighted by Crippen LogP contribution is -2.42. The average Bonchev–Trinajstić information content (AvgIpc) is 3.00. The largest absolute Gasteiger partial charge is 0.387 e. The third-order valence-electron chi connectivity index (χ3n) is 4.21.